The lowest BCUT2D eigenvalue weighted by atomic mass is 10.1. The molecule has 0 atom stereocenters. The molecule has 4 heteroatoms. The second kappa shape index (κ2) is 5.50. The van der Waals surface area contributed by atoms with E-state index in [1.54, 1.807) is 12.1 Å². The molecule has 104 valence electrons. The van der Waals surface area contributed by atoms with E-state index in [0.717, 1.165) is 16.5 Å². The van der Waals surface area contributed by atoms with Crippen molar-refractivity contribution in [2.24, 2.45) is 5.73 Å². The van der Waals surface area contributed by atoms with Crippen molar-refractivity contribution >= 4 is 39.4 Å². The highest BCUT2D eigenvalue weighted by atomic mass is 32.1. The molecule has 0 bridgehead atoms. The Hall–Kier alpha value is -2.46. The second-order valence-corrected chi connectivity index (χ2v) is 5.19. The number of halogens is 1. The molecule has 0 amide bonds. The minimum absolute atomic E-state index is 0.186. The van der Waals surface area contributed by atoms with Crippen LogP contribution in [0.3, 0.4) is 0 Å². The number of thiocarbonyl (C=S) groups is 1. The fraction of sp³-hybridized carbons (Fsp3) is 0. The van der Waals surface area contributed by atoms with Crippen molar-refractivity contribution in [1.29, 1.82) is 0 Å². The molecule has 0 saturated carbocycles. The largest absolute Gasteiger partial charge is 0.389 e. The summed E-state index contributed by atoms with van der Waals surface area (Å²) in [6.07, 6.45) is 0. The summed E-state index contributed by atoms with van der Waals surface area (Å²) in [5, 5.41) is 5.32. The molecule has 3 aromatic carbocycles. The summed E-state index contributed by atoms with van der Waals surface area (Å²) < 4.78 is 14.0. The Morgan fingerprint density at radius 1 is 0.952 bits per heavy atom. The van der Waals surface area contributed by atoms with Crippen LogP contribution >= 0.6 is 12.2 Å². The van der Waals surface area contributed by atoms with E-state index in [4.69, 9.17) is 18.0 Å². The van der Waals surface area contributed by atoms with E-state index >= 15 is 0 Å². The Morgan fingerprint density at radius 3 is 2.43 bits per heavy atom. The highest BCUT2D eigenvalue weighted by Crippen LogP contribution is 2.24. The van der Waals surface area contributed by atoms with E-state index in [9.17, 15) is 4.39 Å². The number of anilines is 2. The first-order valence-corrected chi connectivity index (χ1v) is 6.89. The lowest BCUT2D eigenvalue weighted by Crippen LogP contribution is -2.09. The zero-order valence-electron chi connectivity index (χ0n) is 11.1. The highest BCUT2D eigenvalue weighted by Gasteiger charge is 2.06. The maximum atomic E-state index is 14.0. The molecular weight excluding hydrogens is 283 g/mol. The number of nitrogens with two attached hydrogens (primary N) is 1. The van der Waals surface area contributed by atoms with Crippen molar-refractivity contribution in [1.82, 2.24) is 0 Å². The van der Waals surface area contributed by atoms with Crippen LogP contribution in [0, 0.1) is 5.82 Å². The van der Waals surface area contributed by atoms with Gasteiger partial charge in [-0.1, -0.05) is 42.5 Å². The minimum atomic E-state index is -0.381. The molecular formula is C17H13FN2S. The number of benzene rings is 3. The van der Waals surface area contributed by atoms with Gasteiger partial charge in [-0.05, 0) is 41.1 Å². The molecule has 0 aromatic heterocycles. The average molecular weight is 296 g/mol. The molecule has 0 saturated heterocycles. The predicted molar refractivity (Wildman–Crippen MR) is 89.5 cm³/mol. The second-order valence-electron chi connectivity index (χ2n) is 4.75. The summed E-state index contributed by atoms with van der Waals surface area (Å²) >= 11 is 4.84. The van der Waals surface area contributed by atoms with Gasteiger partial charge in [0.05, 0.1) is 5.69 Å². The standard InChI is InChI=1S/C17H13FN2S/c18-15-10-13(17(19)21)6-8-16(15)20-14-7-5-11-3-1-2-4-12(11)9-14/h1-10,20H,(H2,19,21). The fourth-order valence-corrected chi connectivity index (χ4v) is 2.32. The van der Waals surface area contributed by atoms with E-state index in [1.165, 1.54) is 6.07 Å². The molecule has 3 rings (SSSR count). The van der Waals surface area contributed by atoms with Crippen LogP contribution in [-0.4, -0.2) is 4.99 Å². The third-order valence-electron chi connectivity index (χ3n) is 3.28. The van der Waals surface area contributed by atoms with Crippen LogP contribution in [0.4, 0.5) is 15.8 Å². The summed E-state index contributed by atoms with van der Waals surface area (Å²) in [6, 6.07) is 18.6. The zero-order chi connectivity index (χ0) is 14.8. The number of fused-ring (bicyclic) bond motifs is 1. The Bertz CT molecular complexity index is 830. The van der Waals surface area contributed by atoms with Crippen molar-refractivity contribution in [3.63, 3.8) is 0 Å². The Balaban J connectivity index is 1.93. The molecule has 0 heterocycles. The Labute approximate surface area is 127 Å². The van der Waals surface area contributed by atoms with Gasteiger partial charge in [0.2, 0.25) is 0 Å². The minimum Gasteiger partial charge on any atom is -0.389 e. The Morgan fingerprint density at radius 2 is 1.71 bits per heavy atom. The first kappa shape index (κ1) is 13.5. The third kappa shape index (κ3) is 2.85. The van der Waals surface area contributed by atoms with Gasteiger partial charge in [0.25, 0.3) is 0 Å². The van der Waals surface area contributed by atoms with Gasteiger partial charge in [-0.3, -0.25) is 0 Å². The summed E-state index contributed by atoms with van der Waals surface area (Å²) in [5.74, 6) is -0.381. The van der Waals surface area contributed by atoms with Crippen LogP contribution in [0.25, 0.3) is 10.8 Å². The van der Waals surface area contributed by atoms with Crippen LogP contribution < -0.4 is 11.1 Å². The average Bonchev–Trinajstić information content (AvgIpc) is 2.49. The van der Waals surface area contributed by atoms with E-state index in [-0.39, 0.29) is 10.8 Å². The van der Waals surface area contributed by atoms with E-state index in [1.807, 2.05) is 42.5 Å². The van der Waals surface area contributed by atoms with Crippen molar-refractivity contribution in [3.05, 3.63) is 72.0 Å². The van der Waals surface area contributed by atoms with Gasteiger partial charge in [-0.2, -0.15) is 0 Å². The zero-order valence-corrected chi connectivity index (χ0v) is 12.0. The van der Waals surface area contributed by atoms with Crippen molar-refractivity contribution in [3.8, 4) is 0 Å². The molecule has 21 heavy (non-hydrogen) atoms. The van der Waals surface area contributed by atoms with Gasteiger partial charge in [-0.15, -0.1) is 0 Å². The predicted octanol–water partition coefficient (Wildman–Crippen LogP) is 4.36. The summed E-state index contributed by atoms with van der Waals surface area (Å²) in [4.78, 5) is 0.186. The SMILES string of the molecule is NC(=S)c1ccc(Nc2ccc3ccccc3c2)c(F)c1. The molecule has 0 unspecified atom stereocenters. The van der Waals surface area contributed by atoms with E-state index in [0.29, 0.717) is 11.3 Å². The maximum absolute atomic E-state index is 14.0. The first-order valence-electron chi connectivity index (χ1n) is 6.49. The van der Waals surface area contributed by atoms with Crippen molar-refractivity contribution < 1.29 is 4.39 Å². The van der Waals surface area contributed by atoms with Crippen molar-refractivity contribution in [2.75, 3.05) is 5.32 Å². The molecule has 0 aliphatic carbocycles. The lowest BCUT2D eigenvalue weighted by molar-refractivity contribution is 0.631. The molecule has 0 radical (unpaired) electrons. The van der Waals surface area contributed by atoms with Gasteiger partial charge in [0.1, 0.15) is 10.8 Å². The van der Waals surface area contributed by atoms with Crippen LogP contribution in [0.2, 0.25) is 0 Å². The first-order chi connectivity index (χ1) is 10.1. The third-order valence-corrected chi connectivity index (χ3v) is 3.52. The van der Waals surface area contributed by atoms with Crippen LogP contribution in [-0.2, 0) is 0 Å². The summed E-state index contributed by atoms with van der Waals surface area (Å²) in [7, 11) is 0. The molecule has 2 nitrogen and oxygen atoms in total. The number of rotatable bonds is 3. The van der Waals surface area contributed by atoms with Crippen LogP contribution in [0.15, 0.2) is 60.7 Å². The topological polar surface area (TPSA) is 38.0 Å². The summed E-state index contributed by atoms with van der Waals surface area (Å²) in [5.41, 5.74) is 7.23. The Kier molecular flexibility index (Phi) is 3.54. The van der Waals surface area contributed by atoms with Crippen LogP contribution in [0.5, 0.6) is 0 Å². The summed E-state index contributed by atoms with van der Waals surface area (Å²) in [6.45, 7) is 0. The normalized spacial score (nSPS) is 10.5. The molecule has 0 aliphatic heterocycles. The van der Waals surface area contributed by atoms with Gasteiger partial charge in [0.15, 0.2) is 0 Å². The number of hydrogen-bond donors (Lipinski definition) is 2. The van der Waals surface area contributed by atoms with E-state index in [2.05, 4.69) is 5.32 Å². The lowest BCUT2D eigenvalue weighted by Gasteiger charge is -2.10. The van der Waals surface area contributed by atoms with Gasteiger partial charge in [-0.25, -0.2) is 4.39 Å². The molecule has 3 N–H and O–H groups in total. The highest BCUT2D eigenvalue weighted by molar-refractivity contribution is 7.80. The van der Waals surface area contributed by atoms with Crippen molar-refractivity contribution in [2.45, 2.75) is 0 Å². The van der Waals surface area contributed by atoms with Gasteiger partial charge >= 0.3 is 0 Å². The van der Waals surface area contributed by atoms with Gasteiger partial charge < -0.3 is 11.1 Å². The molecule has 0 fully saturated rings. The fourth-order valence-electron chi connectivity index (χ4n) is 2.19. The monoisotopic (exact) mass is 296 g/mol. The smallest absolute Gasteiger partial charge is 0.147 e. The molecule has 3 aromatic rings. The number of nitrogens with one attached hydrogen (secondary N) is 1. The number of hydrogen-bond acceptors (Lipinski definition) is 2. The molecule has 0 spiro atoms. The quantitative estimate of drug-likeness (QED) is 0.705. The van der Waals surface area contributed by atoms with Crippen LogP contribution in [0.1, 0.15) is 5.56 Å². The van der Waals surface area contributed by atoms with E-state index < -0.39 is 0 Å². The van der Waals surface area contributed by atoms with Gasteiger partial charge in [0, 0.05) is 11.3 Å². The molecule has 0 aliphatic rings. The maximum Gasteiger partial charge on any atom is 0.147 e.